The molecule has 1 aromatic heterocycles. The van der Waals surface area contributed by atoms with Crippen LogP contribution < -0.4 is 10.6 Å². The fraction of sp³-hybridized carbons (Fsp3) is 0.333. The Kier molecular flexibility index (Phi) is 5.27. The maximum Gasteiger partial charge on any atom is 0.171 e. The first kappa shape index (κ1) is 15.4. The summed E-state index contributed by atoms with van der Waals surface area (Å²) >= 11 is 5.19. The summed E-state index contributed by atoms with van der Waals surface area (Å²) < 4.78 is 14.9. The molecule has 0 spiro atoms. The van der Waals surface area contributed by atoms with Crippen molar-refractivity contribution in [3.63, 3.8) is 0 Å². The maximum atomic E-state index is 13.1. The zero-order valence-corrected chi connectivity index (χ0v) is 13.0. The number of nitrogens with one attached hydrogen (secondary N) is 2. The van der Waals surface area contributed by atoms with Crippen molar-refractivity contribution in [1.82, 2.24) is 15.1 Å². The van der Waals surface area contributed by atoms with Gasteiger partial charge in [-0.15, -0.1) is 0 Å². The average molecular weight is 306 g/mol. The first-order valence-electron chi connectivity index (χ1n) is 6.85. The number of aromatic nitrogens is 2. The molecule has 0 unspecified atom stereocenters. The highest BCUT2D eigenvalue weighted by Crippen LogP contribution is 2.08. The topological polar surface area (TPSA) is 41.9 Å². The van der Waals surface area contributed by atoms with Gasteiger partial charge in [0.05, 0.1) is 6.54 Å². The molecule has 0 saturated heterocycles. The van der Waals surface area contributed by atoms with Gasteiger partial charge < -0.3 is 10.6 Å². The van der Waals surface area contributed by atoms with E-state index in [1.165, 1.54) is 12.1 Å². The van der Waals surface area contributed by atoms with Crippen molar-refractivity contribution in [3.05, 3.63) is 47.9 Å². The number of rotatable bonds is 5. The van der Waals surface area contributed by atoms with E-state index in [9.17, 15) is 4.39 Å². The zero-order valence-electron chi connectivity index (χ0n) is 12.1. The normalized spacial score (nSPS) is 10.7. The summed E-state index contributed by atoms with van der Waals surface area (Å²) in [7, 11) is 0. The molecule has 0 aliphatic carbocycles. The molecule has 2 N–H and O–H groups in total. The highest BCUT2D eigenvalue weighted by molar-refractivity contribution is 7.80. The quantitative estimate of drug-likeness (QED) is 0.833. The molecule has 0 amide bonds. The van der Waals surface area contributed by atoms with Crippen LogP contribution in [0.1, 0.15) is 19.4 Å². The van der Waals surface area contributed by atoms with Crippen LogP contribution in [0, 0.1) is 11.7 Å². The Morgan fingerprint density at radius 1 is 1.38 bits per heavy atom. The van der Waals surface area contributed by atoms with Gasteiger partial charge in [0.15, 0.2) is 10.9 Å². The minimum Gasteiger partial charge on any atom is -0.362 e. The molecule has 21 heavy (non-hydrogen) atoms. The van der Waals surface area contributed by atoms with Gasteiger partial charge in [0, 0.05) is 18.8 Å². The second-order valence-corrected chi connectivity index (χ2v) is 5.67. The van der Waals surface area contributed by atoms with E-state index in [1.54, 1.807) is 10.7 Å². The van der Waals surface area contributed by atoms with Gasteiger partial charge in [0.1, 0.15) is 5.82 Å². The van der Waals surface area contributed by atoms with Crippen LogP contribution in [0.3, 0.4) is 0 Å². The van der Waals surface area contributed by atoms with Crippen molar-refractivity contribution in [1.29, 1.82) is 0 Å². The molecule has 0 bridgehead atoms. The van der Waals surface area contributed by atoms with E-state index in [-0.39, 0.29) is 5.82 Å². The molecule has 112 valence electrons. The molecule has 0 aliphatic heterocycles. The van der Waals surface area contributed by atoms with Crippen LogP contribution in [0.4, 0.5) is 10.2 Å². The lowest BCUT2D eigenvalue weighted by Gasteiger charge is -2.10. The van der Waals surface area contributed by atoms with Crippen molar-refractivity contribution in [2.75, 3.05) is 11.9 Å². The summed E-state index contributed by atoms with van der Waals surface area (Å²) in [6.45, 7) is 5.56. The van der Waals surface area contributed by atoms with Gasteiger partial charge in [-0.1, -0.05) is 26.0 Å². The van der Waals surface area contributed by atoms with Crippen LogP contribution in [0.25, 0.3) is 0 Å². The van der Waals surface area contributed by atoms with Crippen LogP contribution in [-0.4, -0.2) is 21.4 Å². The van der Waals surface area contributed by atoms with E-state index in [0.29, 0.717) is 23.4 Å². The number of hydrogen-bond donors (Lipinski definition) is 2. The molecule has 0 aliphatic rings. The molecule has 2 rings (SSSR count). The fourth-order valence-corrected chi connectivity index (χ4v) is 1.98. The molecule has 0 saturated carbocycles. The third-order valence-corrected chi connectivity index (χ3v) is 3.03. The maximum absolute atomic E-state index is 13.1. The lowest BCUT2D eigenvalue weighted by Crippen LogP contribution is -2.31. The van der Waals surface area contributed by atoms with Crippen molar-refractivity contribution >= 4 is 23.1 Å². The Labute approximate surface area is 129 Å². The van der Waals surface area contributed by atoms with Gasteiger partial charge in [0.25, 0.3) is 0 Å². The Bertz CT molecular complexity index is 609. The summed E-state index contributed by atoms with van der Waals surface area (Å²) in [5, 5.41) is 11.1. The van der Waals surface area contributed by atoms with E-state index < -0.39 is 0 Å². The largest absolute Gasteiger partial charge is 0.362 e. The van der Waals surface area contributed by atoms with Gasteiger partial charge in [-0.25, -0.2) is 4.39 Å². The summed E-state index contributed by atoms with van der Waals surface area (Å²) in [5.74, 6) is 0.958. The Hall–Kier alpha value is -1.95. The first-order chi connectivity index (χ1) is 10.0. The Balaban J connectivity index is 1.91. The van der Waals surface area contributed by atoms with Gasteiger partial charge >= 0.3 is 0 Å². The Morgan fingerprint density at radius 3 is 2.90 bits per heavy atom. The summed E-state index contributed by atoms with van der Waals surface area (Å²) in [6, 6.07) is 8.33. The lowest BCUT2D eigenvalue weighted by molar-refractivity contribution is 0.619. The number of nitrogens with zero attached hydrogens (tertiary/aromatic N) is 2. The van der Waals surface area contributed by atoms with Crippen LogP contribution in [0.2, 0.25) is 0 Å². The van der Waals surface area contributed by atoms with Gasteiger partial charge in [-0.3, -0.25) is 4.68 Å². The summed E-state index contributed by atoms with van der Waals surface area (Å²) in [5.41, 5.74) is 0.866. The Morgan fingerprint density at radius 2 is 2.19 bits per heavy atom. The summed E-state index contributed by atoms with van der Waals surface area (Å²) in [4.78, 5) is 0. The predicted molar refractivity (Wildman–Crippen MR) is 86.8 cm³/mol. The number of thiocarbonyl (C=S) groups is 1. The summed E-state index contributed by atoms with van der Waals surface area (Å²) in [6.07, 6.45) is 1.83. The number of anilines is 1. The van der Waals surface area contributed by atoms with E-state index >= 15 is 0 Å². The zero-order chi connectivity index (χ0) is 15.2. The minimum absolute atomic E-state index is 0.239. The molecule has 0 atom stereocenters. The second kappa shape index (κ2) is 7.17. The minimum atomic E-state index is -0.239. The third-order valence-electron chi connectivity index (χ3n) is 2.79. The van der Waals surface area contributed by atoms with E-state index in [4.69, 9.17) is 12.2 Å². The van der Waals surface area contributed by atoms with Crippen LogP contribution in [0.5, 0.6) is 0 Å². The molecule has 1 heterocycles. The highest BCUT2D eigenvalue weighted by Gasteiger charge is 2.03. The van der Waals surface area contributed by atoms with E-state index in [2.05, 4.69) is 29.6 Å². The molecular weight excluding hydrogens is 287 g/mol. The number of hydrogen-bond acceptors (Lipinski definition) is 2. The third kappa shape index (κ3) is 5.15. The molecule has 0 radical (unpaired) electrons. The second-order valence-electron chi connectivity index (χ2n) is 5.26. The molecule has 2 aromatic rings. The lowest BCUT2D eigenvalue weighted by atomic mass is 10.2. The van der Waals surface area contributed by atoms with Gasteiger partial charge in [-0.2, -0.15) is 5.10 Å². The fourth-order valence-electron chi connectivity index (χ4n) is 1.80. The number of benzene rings is 1. The smallest absolute Gasteiger partial charge is 0.171 e. The van der Waals surface area contributed by atoms with Crippen LogP contribution in [-0.2, 0) is 6.54 Å². The predicted octanol–water partition coefficient (Wildman–Crippen LogP) is 3.01. The van der Waals surface area contributed by atoms with Crippen molar-refractivity contribution < 1.29 is 4.39 Å². The molecule has 0 fully saturated rings. The molecule has 4 nitrogen and oxygen atoms in total. The van der Waals surface area contributed by atoms with E-state index in [1.807, 2.05) is 18.3 Å². The van der Waals surface area contributed by atoms with Crippen molar-refractivity contribution in [2.45, 2.75) is 20.4 Å². The standard InChI is InChI=1S/C15H19FN4S/c1-11(2)9-17-15(21)18-14-6-7-20(19-14)10-12-4-3-5-13(16)8-12/h3-8,11H,9-10H2,1-2H3,(H2,17,18,19,21). The SMILES string of the molecule is CC(C)CNC(=S)Nc1ccn(Cc2cccc(F)c2)n1. The number of halogens is 1. The molecule has 6 heteroatoms. The van der Waals surface area contributed by atoms with Gasteiger partial charge in [0.2, 0.25) is 0 Å². The van der Waals surface area contributed by atoms with Crippen LogP contribution in [0.15, 0.2) is 36.5 Å². The first-order valence-corrected chi connectivity index (χ1v) is 7.26. The monoisotopic (exact) mass is 306 g/mol. The van der Waals surface area contributed by atoms with Crippen molar-refractivity contribution in [3.8, 4) is 0 Å². The molecular formula is C15H19FN4S. The van der Waals surface area contributed by atoms with Crippen molar-refractivity contribution in [2.24, 2.45) is 5.92 Å². The molecule has 1 aromatic carbocycles. The van der Waals surface area contributed by atoms with Crippen LogP contribution >= 0.6 is 12.2 Å². The highest BCUT2D eigenvalue weighted by atomic mass is 32.1. The average Bonchev–Trinajstić information content (AvgIpc) is 2.83. The van der Waals surface area contributed by atoms with E-state index in [0.717, 1.165) is 12.1 Å². The van der Waals surface area contributed by atoms with Gasteiger partial charge in [-0.05, 0) is 35.8 Å².